The van der Waals surface area contributed by atoms with E-state index in [1.165, 1.54) is 31.0 Å². The van der Waals surface area contributed by atoms with E-state index in [0.717, 1.165) is 12.8 Å². The number of anilines is 1. The molecule has 1 aliphatic rings. The summed E-state index contributed by atoms with van der Waals surface area (Å²) in [5.74, 6) is 0.377. The summed E-state index contributed by atoms with van der Waals surface area (Å²) in [6, 6.07) is 4.16. The molecule has 4 nitrogen and oxygen atoms in total. The molecule has 1 amide bonds. The van der Waals surface area contributed by atoms with Crippen molar-refractivity contribution in [3.8, 4) is 0 Å². The molecule has 2 rings (SSSR count). The lowest BCUT2D eigenvalue weighted by atomic mass is 10.0. The second-order valence-electron chi connectivity index (χ2n) is 4.99. The highest BCUT2D eigenvalue weighted by Crippen LogP contribution is 2.29. The van der Waals surface area contributed by atoms with Crippen LogP contribution in [0.1, 0.15) is 32.1 Å². The Balaban J connectivity index is 2.03. The van der Waals surface area contributed by atoms with Gasteiger partial charge in [0, 0.05) is 22.8 Å². The fourth-order valence-electron chi connectivity index (χ4n) is 2.47. The summed E-state index contributed by atoms with van der Waals surface area (Å²) in [6.45, 7) is 0. The van der Waals surface area contributed by atoms with Crippen molar-refractivity contribution in [3.05, 3.63) is 23.2 Å². The van der Waals surface area contributed by atoms with E-state index in [2.05, 4.69) is 5.32 Å². The average Bonchev–Trinajstić information content (AvgIpc) is 2.79. The fraction of sp³-hybridized carbons (Fsp3) is 0.462. The van der Waals surface area contributed by atoms with Gasteiger partial charge in [0.25, 0.3) is 9.05 Å². The average molecular weight is 336 g/mol. The van der Waals surface area contributed by atoms with Gasteiger partial charge in [-0.15, -0.1) is 0 Å². The molecule has 0 heterocycles. The Morgan fingerprint density at radius 2 is 1.95 bits per heavy atom. The molecule has 1 aliphatic carbocycles. The lowest BCUT2D eigenvalue weighted by Gasteiger charge is -2.10. The summed E-state index contributed by atoms with van der Waals surface area (Å²) in [4.78, 5) is 11.7. The predicted molar refractivity (Wildman–Crippen MR) is 79.7 cm³/mol. The minimum absolute atomic E-state index is 0.00123. The molecular formula is C13H15Cl2NO3S. The highest BCUT2D eigenvalue weighted by molar-refractivity contribution is 8.13. The molecule has 110 valence electrons. The molecule has 1 aromatic carbocycles. The summed E-state index contributed by atoms with van der Waals surface area (Å²) in [5.41, 5.74) is 0.474. The van der Waals surface area contributed by atoms with Gasteiger partial charge in [-0.05, 0) is 37.0 Å². The Morgan fingerprint density at radius 1 is 1.30 bits per heavy atom. The summed E-state index contributed by atoms with van der Waals surface area (Å²) in [6.07, 6.45) is 5.06. The van der Waals surface area contributed by atoms with Crippen molar-refractivity contribution in [2.45, 2.75) is 37.0 Å². The maximum absolute atomic E-state index is 11.9. The summed E-state index contributed by atoms with van der Waals surface area (Å²) in [7, 11) is 1.37. The van der Waals surface area contributed by atoms with Crippen molar-refractivity contribution >= 4 is 42.9 Å². The highest BCUT2D eigenvalue weighted by atomic mass is 35.7. The standard InChI is InChI=1S/C13H15Cl2NO3S/c14-11-8-10(5-6-12(11)20(15,18)19)16-13(17)7-9-3-1-2-4-9/h5-6,8-9H,1-4,7H2,(H,16,17). The van der Waals surface area contributed by atoms with Gasteiger partial charge in [-0.3, -0.25) is 4.79 Å². The third kappa shape index (κ3) is 4.11. The first-order chi connectivity index (χ1) is 9.36. The van der Waals surface area contributed by atoms with Crippen LogP contribution in [0.3, 0.4) is 0 Å². The zero-order chi connectivity index (χ0) is 14.8. The quantitative estimate of drug-likeness (QED) is 0.851. The Kier molecular flexibility index (Phi) is 4.94. The third-order valence-electron chi connectivity index (χ3n) is 3.43. The van der Waals surface area contributed by atoms with Gasteiger partial charge in [0.2, 0.25) is 5.91 Å². The number of amides is 1. The van der Waals surface area contributed by atoms with Crippen LogP contribution in [-0.2, 0) is 13.8 Å². The van der Waals surface area contributed by atoms with Crippen LogP contribution in [0.5, 0.6) is 0 Å². The third-order valence-corrected chi connectivity index (χ3v) is 5.23. The molecule has 0 bridgehead atoms. The monoisotopic (exact) mass is 335 g/mol. The predicted octanol–water partition coefficient (Wildman–Crippen LogP) is 3.79. The lowest BCUT2D eigenvalue weighted by molar-refractivity contribution is -0.117. The molecule has 0 radical (unpaired) electrons. The van der Waals surface area contributed by atoms with Crippen LogP contribution < -0.4 is 5.32 Å². The number of hydrogen-bond donors (Lipinski definition) is 1. The number of nitrogens with one attached hydrogen (secondary N) is 1. The van der Waals surface area contributed by atoms with Crippen LogP contribution in [0.15, 0.2) is 23.1 Å². The van der Waals surface area contributed by atoms with Crippen LogP contribution in [0.2, 0.25) is 5.02 Å². The van der Waals surface area contributed by atoms with Gasteiger partial charge in [0.05, 0.1) is 5.02 Å². The fourth-order valence-corrected chi connectivity index (χ4v) is 3.99. The molecule has 1 aromatic rings. The molecule has 7 heteroatoms. The molecule has 0 saturated heterocycles. The van der Waals surface area contributed by atoms with Crippen LogP contribution in [0.4, 0.5) is 5.69 Å². The van der Waals surface area contributed by atoms with E-state index in [0.29, 0.717) is 18.0 Å². The number of benzene rings is 1. The van der Waals surface area contributed by atoms with Crippen molar-refractivity contribution in [2.24, 2.45) is 5.92 Å². The van der Waals surface area contributed by atoms with Gasteiger partial charge in [0.1, 0.15) is 4.90 Å². The molecule has 0 aliphatic heterocycles. The second kappa shape index (κ2) is 6.33. The Labute approximate surface area is 127 Å². The van der Waals surface area contributed by atoms with E-state index in [4.69, 9.17) is 22.3 Å². The summed E-state index contributed by atoms with van der Waals surface area (Å²) < 4.78 is 22.4. The molecule has 0 atom stereocenters. The molecule has 0 unspecified atom stereocenters. The van der Waals surface area contributed by atoms with Crippen LogP contribution in [0, 0.1) is 5.92 Å². The molecule has 0 spiro atoms. The SMILES string of the molecule is O=C(CC1CCCC1)Nc1ccc(S(=O)(=O)Cl)c(Cl)c1. The zero-order valence-electron chi connectivity index (χ0n) is 10.7. The Bertz CT molecular complexity index is 610. The molecule has 20 heavy (non-hydrogen) atoms. The van der Waals surface area contributed by atoms with Gasteiger partial charge in [-0.25, -0.2) is 8.42 Å². The van der Waals surface area contributed by atoms with Gasteiger partial charge in [0.15, 0.2) is 0 Å². The first-order valence-electron chi connectivity index (χ1n) is 6.40. The first kappa shape index (κ1) is 15.6. The number of carbonyl (C=O) groups excluding carboxylic acids is 1. The smallest absolute Gasteiger partial charge is 0.262 e. The van der Waals surface area contributed by atoms with E-state index in [9.17, 15) is 13.2 Å². The maximum Gasteiger partial charge on any atom is 0.262 e. The number of rotatable bonds is 4. The zero-order valence-corrected chi connectivity index (χ0v) is 13.1. The van der Waals surface area contributed by atoms with Crippen molar-refractivity contribution in [3.63, 3.8) is 0 Å². The maximum atomic E-state index is 11.9. The highest BCUT2D eigenvalue weighted by Gasteiger charge is 2.19. The lowest BCUT2D eigenvalue weighted by Crippen LogP contribution is -2.15. The van der Waals surface area contributed by atoms with E-state index < -0.39 is 9.05 Å². The van der Waals surface area contributed by atoms with Crippen molar-refractivity contribution in [1.82, 2.24) is 0 Å². The largest absolute Gasteiger partial charge is 0.326 e. The number of hydrogen-bond acceptors (Lipinski definition) is 3. The normalized spacial score (nSPS) is 16.3. The topological polar surface area (TPSA) is 63.2 Å². The molecule has 1 saturated carbocycles. The van der Waals surface area contributed by atoms with Gasteiger partial charge >= 0.3 is 0 Å². The number of carbonyl (C=O) groups is 1. The molecule has 1 fully saturated rings. The van der Waals surface area contributed by atoms with Crippen LogP contribution >= 0.6 is 22.3 Å². The first-order valence-corrected chi connectivity index (χ1v) is 9.09. The van der Waals surface area contributed by atoms with Crippen molar-refractivity contribution in [2.75, 3.05) is 5.32 Å². The number of halogens is 2. The van der Waals surface area contributed by atoms with E-state index in [1.807, 2.05) is 0 Å². The van der Waals surface area contributed by atoms with Gasteiger partial charge in [-0.2, -0.15) is 0 Å². The summed E-state index contributed by atoms with van der Waals surface area (Å²) in [5, 5.41) is 2.73. The van der Waals surface area contributed by atoms with Crippen LogP contribution in [-0.4, -0.2) is 14.3 Å². The minimum Gasteiger partial charge on any atom is -0.326 e. The Morgan fingerprint density at radius 3 is 2.50 bits per heavy atom. The second-order valence-corrected chi connectivity index (χ2v) is 7.93. The molecule has 0 aromatic heterocycles. The van der Waals surface area contributed by atoms with Crippen molar-refractivity contribution < 1.29 is 13.2 Å². The molecule has 1 N–H and O–H groups in total. The van der Waals surface area contributed by atoms with Gasteiger partial charge in [-0.1, -0.05) is 24.4 Å². The van der Waals surface area contributed by atoms with Crippen molar-refractivity contribution in [1.29, 1.82) is 0 Å². The Hall–Kier alpha value is -0.780. The summed E-state index contributed by atoms with van der Waals surface area (Å²) >= 11 is 5.85. The minimum atomic E-state index is -3.87. The van der Waals surface area contributed by atoms with E-state index in [-0.39, 0.29) is 15.8 Å². The van der Waals surface area contributed by atoms with E-state index >= 15 is 0 Å². The molecular weight excluding hydrogens is 321 g/mol. The van der Waals surface area contributed by atoms with Gasteiger partial charge < -0.3 is 5.32 Å². The van der Waals surface area contributed by atoms with E-state index in [1.54, 1.807) is 0 Å². The van der Waals surface area contributed by atoms with Crippen LogP contribution in [0.25, 0.3) is 0 Å².